The Bertz CT molecular complexity index is 757. The van der Waals surface area contributed by atoms with E-state index in [1.807, 2.05) is 17.0 Å². The van der Waals surface area contributed by atoms with Crippen LogP contribution in [0.25, 0.3) is 0 Å². The molecule has 2 heterocycles. The van der Waals surface area contributed by atoms with Gasteiger partial charge >= 0.3 is 0 Å². The number of nitrogens with zero attached hydrogens (tertiary/aromatic N) is 3. The zero-order chi connectivity index (χ0) is 18.5. The van der Waals surface area contributed by atoms with E-state index in [2.05, 4.69) is 24.1 Å². The Morgan fingerprint density at radius 2 is 1.92 bits per heavy atom. The van der Waals surface area contributed by atoms with Crippen LogP contribution in [0.4, 0.5) is 15.8 Å². The molecular weight excluding hydrogens is 331 g/mol. The van der Waals surface area contributed by atoms with Crippen LogP contribution in [-0.2, 0) is 0 Å². The minimum Gasteiger partial charge on any atom is -0.385 e. The molecule has 3 rings (SSSR count). The van der Waals surface area contributed by atoms with Gasteiger partial charge in [0.2, 0.25) is 0 Å². The van der Waals surface area contributed by atoms with Crippen molar-refractivity contribution in [1.82, 2.24) is 9.88 Å². The van der Waals surface area contributed by atoms with E-state index in [1.165, 1.54) is 6.07 Å². The lowest BCUT2D eigenvalue weighted by Crippen LogP contribution is -2.49. The van der Waals surface area contributed by atoms with Crippen molar-refractivity contribution in [2.24, 2.45) is 5.92 Å². The normalized spacial score (nSPS) is 14.6. The molecular formula is C20H25FN4O. The summed E-state index contributed by atoms with van der Waals surface area (Å²) in [6.45, 7) is 7.44. The lowest BCUT2D eigenvalue weighted by Gasteiger charge is -2.36. The third-order valence-corrected chi connectivity index (χ3v) is 4.45. The Balaban J connectivity index is 1.62. The van der Waals surface area contributed by atoms with E-state index in [1.54, 1.807) is 29.3 Å². The molecule has 6 heteroatoms. The molecule has 2 aromatic rings. The van der Waals surface area contributed by atoms with Crippen LogP contribution in [0.1, 0.15) is 24.3 Å². The Kier molecular flexibility index (Phi) is 5.71. The van der Waals surface area contributed by atoms with E-state index < -0.39 is 0 Å². The molecule has 0 spiro atoms. The predicted molar refractivity (Wildman–Crippen MR) is 102 cm³/mol. The van der Waals surface area contributed by atoms with Crippen molar-refractivity contribution in [3.05, 3.63) is 54.1 Å². The minimum absolute atomic E-state index is 0.0774. The van der Waals surface area contributed by atoms with Crippen molar-refractivity contribution in [1.29, 1.82) is 0 Å². The maximum atomic E-state index is 13.9. The molecule has 1 N–H and O–H groups in total. The maximum absolute atomic E-state index is 13.9. The third-order valence-electron chi connectivity index (χ3n) is 4.45. The maximum Gasteiger partial charge on any atom is 0.272 e. The van der Waals surface area contributed by atoms with Gasteiger partial charge in [0.05, 0.1) is 5.69 Å². The van der Waals surface area contributed by atoms with Gasteiger partial charge < -0.3 is 15.1 Å². The molecule has 1 aromatic carbocycles. The van der Waals surface area contributed by atoms with Crippen LogP contribution in [-0.4, -0.2) is 48.5 Å². The van der Waals surface area contributed by atoms with Crippen molar-refractivity contribution >= 4 is 17.3 Å². The average molecular weight is 356 g/mol. The standard InChI is InChI=1S/C20H25FN4O/c1-15(2)14-23-16-7-8-22-18(13-16)20(26)25-11-9-24(10-12-25)19-6-4-3-5-17(19)21/h3-8,13,15H,9-12,14H2,1-2H3,(H,22,23). The average Bonchev–Trinajstić information content (AvgIpc) is 2.66. The van der Waals surface area contributed by atoms with E-state index in [4.69, 9.17) is 0 Å². The first-order valence-corrected chi connectivity index (χ1v) is 9.03. The van der Waals surface area contributed by atoms with Gasteiger partial charge in [0.1, 0.15) is 11.5 Å². The number of piperazine rings is 1. The molecule has 1 saturated heterocycles. The number of halogens is 1. The minimum atomic E-state index is -0.224. The summed E-state index contributed by atoms with van der Waals surface area (Å²) >= 11 is 0. The quantitative estimate of drug-likeness (QED) is 0.893. The Morgan fingerprint density at radius 1 is 1.19 bits per heavy atom. The van der Waals surface area contributed by atoms with Crippen molar-refractivity contribution in [3.8, 4) is 0 Å². The lowest BCUT2D eigenvalue weighted by molar-refractivity contribution is 0.0741. The molecule has 0 radical (unpaired) electrons. The summed E-state index contributed by atoms with van der Waals surface area (Å²) in [7, 11) is 0. The highest BCUT2D eigenvalue weighted by molar-refractivity contribution is 5.93. The highest BCUT2D eigenvalue weighted by Crippen LogP contribution is 2.21. The molecule has 5 nitrogen and oxygen atoms in total. The highest BCUT2D eigenvalue weighted by Gasteiger charge is 2.24. The van der Waals surface area contributed by atoms with Gasteiger partial charge in [-0.25, -0.2) is 4.39 Å². The second kappa shape index (κ2) is 8.17. The second-order valence-corrected chi connectivity index (χ2v) is 6.94. The first kappa shape index (κ1) is 18.2. The van der Waals surface area contributed by atoms with Gasteiger partial charge in [-0.1, -0.05) is 26.0 Å². The van der Waals surface area contributed by atoms with E-state index in [-0.39, 0.29) is 11.7 Å². The molecule has 138 valence electrons. The number of hydrogen-bond donors (Lipinski definition) is 1. The van der Waals surface area contributed by atoms with Gasteiger partial charge in [-0.2, -0.15) is 0 Å². The van der Waals surface area contributed by atoms with Crippen molar-refractivity contribution < 1.29 is 9.18 Å². The van der Waals surface area contributed by atoms with Crippen LogP contribution in [0.2, 0.25) is 0 Å². The summed E-state index contributed by atoms with van der Waals surface area (Å²) in [5.74, 6) is 0.220. The fraction of sp³-hybridized carbons (Fsp3) is 0.400. The monoisotopic (exact) mass is 356 g/mol. The number of para-hydroxylation sites is 1. The summed E-state index contributed by atoms with van der Waals surface area (Å²) < 4.78 is 13.9. The molecule has 1 aliphatic heterocycles. The van der Waals surface area contributed by atoms with E-state index in [0.29, 0.717) is 43.5 Å². The highest BCUT2D eigenvalue weighted by atomic mass is 19.1. The predicted octanol–water partition coefficient (Wildman–Crippen LogP) is 3.25. The van der Waals surface area contributed by atoms with Crippen LogP contribution < -0.4 is 10.2 Å². The number of anilines is 2. The van der Waals surface area contributed by atoms with Crippen molar-refractivity contribution in [2.45, 2.75) is 13.8 Å². The number of rotatable bonds is 5. The molecule has 1 fully saturated rings. The fourth-order valence-electron chi connectivity index (χ4n) is 3.00. The van der Waals surface area contributed by atoms with Crippen LogP contribution >= 0.6 is 0 Å². The van der Waals surface area contributed by atoms with E-state index in [0.717, 1.165) is 12.2 Å². The smallest absolute Gasteiger partial charge is 0.272 e. The molecule has 0 aliphatic carbocycles. The fourth-order valence-corrected chi connectivity index (χ4v) is 3.00. The van der Waals surface area contributed by atoms with E-state index in [9.17, 15) is 9.18 Å². The van der Waals surface area contributed by atoms with Crippen LogP contribution in [0.3, 0.4) is 0 Å². The Labute approximate surface area is 153 Å². The van der Waals surface area contributed by atoms with Gasteiger partial charge in [0, 0.05) is 44.6 Å². The number of hydrogen-bond acceptors (Lipinski definition) is 4. The topological polar surface area (TPSA) is 48.5 Å². The molecule has 0 unspecified atom stereocenters. The van der Waals surface area contributed by atoms with Crippen LogP contribution in [0.15, 0.2) is 42.6 Å². The Morgan fingerprint density at radius 3 is 2.62 bits per heavy atom. The number of carbonyl (C=O) groups is 1. The molecule has 0 saturated carbocycles. The Hall–Kier alpha value is -2.63. The first-order chi connectivity index (χ1) is 12.5. The first-order valence-electron chi connectivity index (χ1n) is 9.03. The lowest BCUT2D eigenvalue weighted by atomic mass is 10.2. The molecule has 0 atom stereocenters. The zero-order valence-corrected chi connectivity index (χ0v) is 15.3. The van der Waals surface area contributed by atoms with Gasteiger partial charge in [0.15, 0.2) is 0 Å². The molecule has 1 aliphatic rings. The second-order valence-electron chi connectivity index (χ2n) is 6.94. The van der Waals surface area contributed by atoms with Crippen molar-refractivity contribution in [2.75, 3.05) is 42.9 Å². The van der Waals surface area contributed by atoms with Gasteiger partial charge in [0.25, 0.3) is 5.91 Å². The van der Waals surface area contributed by atoms with Crippen molar-refractivity contribution in [3.63, 3.8) is 0 Å². The number of benzene rings is 1. The van der Waals surface area contributed by atoms with Crippen LogP contribution in [0, 0.1) is 11.7 Å². The number of amides is 1. The van der Waals surface area contributed by atoms with Crippen LogP contribution in [0.5, 0.6) is 0 Å². The SMILES string of the molecule is CC(C)CNc1ccnc(C(=O)N2CCN(c3ccccc3F)CC2)c1. The third kappa shape index (κ3) is 4.31. The zero-order valence-electron chi connectivity index (χ0n) is 15.3. The van der Waals surface area contributed by atoms with Gasteiger partial charge in [-0.3, -0.25) is 9.78 Å². The molecule has 1 aromatic heterocycles. The summed E-state index contributed by atoms with van der Waals surface area (Å²) in [5, 5.41) is 3.32. The molecule has 0 bridgehead atoms. The number of aromatic nitrogens is 1. The van der Waals surface area contributed by atoms with Gasteiger partial charge in [-0.15, -0.1) is 0 Å². The summed E-state index contributed by atoms with van der Waals surface area (Å²) in [6, 6.07) is 10.4. The summed E-state index contributed by atoms with van der Waals surface area (Å²) in [5.41, 5.74) is 1.94. The molecule has 26 heavy (non-hydrogen) atoms. The number of pyridine rings is 1. The summed E-state index contributed by atoms with van der Waals surface area (Å²) in [6.07, 6.45) is 1.66. The number of nitrogens with one attached hydrogen (secondary N) is 1. The number of carbonyl (C=O) groups excluding carboxylic acids is 1. The molecule has 1 amide bonds. The summed E-state index contributed by atoms with van der Waals surface area (Å²) in [4.78, 5) is 20.7. The van der Waals surface area contributed by atoms with E-state index >= 15 is 0 Å². The largest absolute Gasteiger partial charge is 0.385 e. The van der Waals surface area contributed by atoms with Gasteiger partial charge in [-0.05, 0) is 30.2 Å².